The maximum Gasteiger partial charge on any atom is 0.339 e. The highest BCUT2D eigenvalue weighted by Gasteiger charge is 2.35. The number of imide groups is 1. The Kier molecular flexibility index (Phi) is 10.0. The molecule has 3 amide bonds. The molecule has 3 aromatic rings. The first kappa shape index (κ1) is 31.2. The number of nitrogens with one attached hydrogen (secondary N) is 1. The summed E-state index contributed by atoms with van der Waals surface area (Å²) in [5, 5.41) is 2.39. The van der Waals surface area contributed by atoms with E-state index in [1.54, 1.807) is 31.2 Å². The van der Waals surface area contributed by atoms with Crippen LogP contribution in [0.2, 0.25) is 10.0 Å². The number of thioether (sulfide) groups is 1. The monoisotopic (exact) mass is 650 g/mol. The third-order valence-electron chi connectivity index (χ3n) is 5.57. The van der Waals surface area contributed by atoms with E-state index in [2.05, 4.69) is 5.32 Å². The van der Waals surface area contributed by atoms with E-state index in [1.807, 2.05) is 0 Å². The second kappa shape index (κ2) is 13.5. The van der Waals surface area contributed by atoms with E-state index in [-0.39, 0.29) is 52.0 Å². The zero-order chi connectivity index (χ0) is 30.4. The molecule has 14 heteroatoms. The highest BCUT2D eigenvalue weighted by molar-refractivity contribution is 8.18. The highest BCUT2D eigenvalue weighted by Crippen LogP contribution is 2.40. The van der Waals surface area contributed by atoms with Crippen molar-refractivity contribution in [1.82, 2.24) is 4.90 Å². The van der Waals surface area contributed by atoms with Crippen molar-refractivity contribution in [2.45, 2.75) is 18.7 Å². The van der Waals surface area contributed by atoms with Crippen LogP contribution in [0.4, 0.5) is 10.5 Å². The topological polar surface area (TPSA) is 128 Å². The van der Waals surface area contributed by atoms with Crippen LogP contribution in [0.15, 0.2) is 70.5 Å². The van der Waals surface area contributed by atoms with Crippen LogP contribution in [0.25, 0.3) is 6.08 Å². The van der Waals surface area contributed by atoms with E-state index in [0.29, 0.717) is 22.0 Å². The molecule has 42 heavy (non-hydrogen) atoms. The predicted octanol–water partition coefficient (Wildman–Crippen LogP) is 6.23. The van der Waals surface area contributed by atoms with Gasteiger partial charge in [0.15, 0.2) is 5.75 Å². The molecule has 220 valence electrons. The number of ether oxygens (including phenoxy) is 2. The van der Waals surface area contributed by atoms with Gasteiger partial charge in [-0.05, 0) is 78.9 Å². The Bertz CT molecular complexity index is 1660. The van der Waals surface area contributed by atoms with E-state index in [9.17, 15) is 22.8 Å². The number of para-hydroxylation sites is 1. The SMILES string of the molecule is CCOc1cc(/C=C2\SC(=O)N(CCOc3ccccc3Cl)C2=O)cc(Cl)c1OS(=O)(=O)c1ccc(NC(C)=O)cc1. The summed E-state index contributed by atoms with van der Waals surface area (Å²) in [7, 11) is -4.33. The van der Waals surface area contributed by atoms with Crippen LogP contribution in [0, 0.1) is 0 Å². The molecule has 1 heterocycles. The van der Waals surface area contributed by atoms with Gasteiger partial charge in [-0.3, -0.25) is 19.3 Å². The average molecular weight is 652 g/mol. The van der Waals surface area contributed by atoms with E-state index in [1.165, 1.54) is 49.4 Å². The predicted molar refractivity (Wildman–Crippen MR) is 161 cm³/mol. The number of hydrogen-bond acceptors (Lipinski definition) is 9. The first-order valence-electron chi connectivity index (χ1n) is 12.4. The van der Waals surface area contributed by atoms with Crippen molar-refractivity contribution in [3.05, 3.63) is 81.2 Å². The second-order valence-corrected chi connectivity index (χ2v) is 12.0. The molecule has 0 atom stereocenters. The van der Waals surface area contributed by atoms with Crippen molar-refractivity contribution < 1.29 is 36.5 Å². The summed E-state index contributed by atoms with van der Waals surface area (Å²) in [4.78, 5) is 37.7. The third-order valence-corrected chi connectivity index (χ3v) is 8.30. The van der Waals surface area contributed by atoms with Crippen molar-refractivity contribution in [3.8, 4) is 17.2 Å². The summed E-state index contributed by atoms with van der Waals surface area (Å²) < 4.78 is 42.5. The number of benzene rings is 3. The Morgan fingerprint density at radius 3 is 2.38 bits per heavy atom. The van der Waals surface area contributed by atoms with Crippen molar-refractivity contribution in [3.63, 3.8) is 0 Å². The maximum atomic E-state index is 13.0. The number of anilines is 1. The van der Waals surface area contributed by atoms with Gasteiger partial charge in [0, 0.05) is 12.6 Å². The van der Waals surface area contributed by atoms with Gasteiger partial charge in [-0.2, -0.15) is 8.42 Å². The van der Waals surface area contributed by atoms with E-state index in [4.69, 9.17) is 36.9 Å². The van der Waals surface area contributed by atoms with Crippen LogP contribution in [0.5, 0.6) is 17.2 Å². The molecule has 0 saturated carbocycles. The lowest BCUT2D eigenvalue weighted by Crippen LogP contribution is -2.32. The fraction of sp³-hybridized carbons (Fsp3) is 0.179. The summed E-state index contributed by atoms with van der Waals surface area (Å²) in [5.74, 6) is -0.616. The van der Waals surface area contributed by atoms with Crippen molar-refractivity contribution in [1.29, 1.82) is 0 Å². The second-order valence-electron chi connectivity index (χ2n) is 8.62. The lowest BCUT2D eigenvalue weighted by molar-refractivity contribution is -0.123. The Morgan fingerprint density at radius 1 is 1.00 bits per heavy atom. The Hall–Kier alpha value is -3.71. The van der Waals surface area contributed by atoms with E-state index in [0.717, 1.165) is 16.7 Å². The van der Waals surface area contributed by atoms with Crippen molar-refractivity contribution >= 4 is 73.9 Å². The van der Waals surface area contributed by atoms with Gasteiger partial charge in [-0.1, -0.05) is 35.3 Å². The van der Waals surface area contributed by atoms with Crippen LogP contribution >= 0.6 is 35.0 Å². The standard InChI is InChI=1S/C28H24Cl2N2O8S2/c1-3-38-24-15-18(14-22(30)26(24)40-42(36,37)20-10-8-19(9-11-20)31-17(2)33)16-25-27(34)32(28(35)41-25)12-13-39-23-7-5-4-6-21(23)29/h4-11,14-16H,3,12-13H2,1-2H3,(H,31,33)/b25-16-. The number of halogens is 2. The zero-order valence-corrected chi connectivity index (χ0v) is 25.4. The number of amides is 3. The quantitative estimate of drug-likeness (QED) is 0.189. The summed E-state index contributed by atoms with van der Waals surface area (Å²) in [6, 6.07) is 15.1. The molecule has 0 spiro atoms. The summed E-state index contributed by atoms with van der Waals surface area (Å²) in [5.41, 5.74) is 0.794. The van der Waals surface area contributed by atoms with E-state index < -0.39 is 21.3 Å². The number of hydrogen-bond donors (Lipinski definition) is 1. The highest BCUT2D eigenvalue weighted by atomic mass is 35.5. The number of carbonyl (C=O) groups is 3. The molecule has 1 N–H and O–H groups in total. The largest absolute Gasteiger partial charge is 0.490 e. The molecule has 0 aromatic heterocycles. The maximum absolute atomic E-state index is 13.0. The van der Waals surface area contributed by atoms with Gasteiger partial charge < -0.3 is 19.0 Å². The Balaban J connectivity index is 1.51. The van der Waals surface area contributed by atoms with Gasteiger partial charge >= 0.3 is 10.1 Å². The van der Waals surface area contributed by atoms with Crippen molar-refractivity contribution in [2.24, 2.45) is 0 Å². The van der Waals surface area contributed by atoms with Gasteiger partial charge in [-0.15, -0.1) is 0 Å². The van der Waals surface area contributed by atoms with Crippen LogP contribution < -0.4 is 19.0 Å². The van der Waals surface area contributed by atoms with Gasteiger partial charge in [0.25, 0.3) is 11.1 Å². The van der Waals surface area contributed by atoms with Crippen LogP contribution in [0.1, 0.15) is 19.4 Å². The van der Waals surface area contributed by atoms with Gasteiger partial charge in [0.1, 0.15) is 17.3 Å². The molecule has 4 rings (SSSR count). The normalized spacial score (nSPS) is 14.3. The fourth-order valence-electron chi connectivity index (χ4n) is 3.73. The number of rotatable bonds is 11. The molecule has 0 radical (unpaired) electrons. The lowest BCUT2D eigenvalue weighted by atomic mass is 10.2. The smallest absolute Gasteiger partial charge is 0.339 e. The molecule has 1 aliphatic heterocycles. The first-order chi connectivity index (χ1) is 20.0. The first-order valence-corrected chi connectivity index (χ1v) is 15.4. The molecule has 1 saturated heterocycles. The number of carbonyl (C=O) groups excluding carboxylic acids is 3. The summed E-state index contributed by atoms with van der Waals surface area (Å²) >= 11 is 13.2. The van der Waals surface area contributed by atoms with Gasteiger partial charge in [-0.25, -0.2) is 0 Å². The third kappa shape index (κ3) is 7.57. The van der Waals surface area contributed by atoms with Gasteiger partial charge in [0.05, 0.1) is 28.1 Å². The van der Waals surface area contributed by atoms with Crippen LogP contribution in [0.3, 0.4) is 0 Å². The zero-order valence-electron chi connectivity index (χ0n) is 22.3. The summed E-state index contributed by atoms with van der Waals surface area (Å²) in [6.45, 7) is 3.23. The minimum Gasteiger partial charge on any atom is -0.490 e. The molecule has 0 bridgehead atoms. The molecule has 1 aliphatic rings. The molecule has 1 fully saturated rings. The van der Waals surface area contributed by atoms with Crippen LogP contribution in [-0.4, -0.2) is 50.1 Å². The molecule has 0 aliphatic carbocycles. The Morgan fingerprint density at radius 2 is 1.71 bits per heavy atom. The minimum atomic E-state index is -4.33. The van der Waals surface area contributed by atoms with Gasteiger partial charge in [0.2, 0.25) is 11.7 Å². The fourth-order valence-corrected chi connectivity index (χ4v) is 6.05. The molecular formula is C28H24Cl2N2O8S2. The number of nitrogens with zero attached hydrogens (tertiary/aromatic N) is 1. The molecular weight excluding hydrogens is 627 g/mol. The average Bonchev–Trinajstić information content (AvgIpc) is 3.19. The molecule has 0 unspecified atom stereocenters. The molecule has 3 aromatic carbocycles. The van der Waals surface area contributed by atoms with E-state index >= 15 is 0 Å². The summed E-state index contributed by atoms with van der Waals surface area (Å²) in [6.07, 6.45) is 1.45. The van der Waals surface area contributed by atoms with Crippen LogP contribution in [-0.2, 0) is 19.7 Å². The molecule has 10 nitrogen and oxygen atoms in total. The lowest BCUT2D eigenvalue weighted by Gasteiger charge is -2.15. The Labute approximate surface area is 256 Å². The van der Waals surface area contributed by atoms with Crippen molar-refractivity contribution in [2.75, 3.05) is 25.1 Å². The minimum absolute atomic E-state index is 0.00854.